The number of hydrogen-bond acceptors (Lipinski definition) is 4. The van der Waals surface area contributed by atoms with Gasteiger partial charge >= 0.3 is 6.03 Å². The fraction of sp³-hybridized carbons (Fsp3) is 0.167. The molecule has 0 saturated heterocycles. The van der Waals surface area contributed by atoms with Crippen molar-refractivity contribution >= 4 is 11.9 Å². The number of nitrogens with one attached hydrogen (secondary N) is 3. The van der Waals surface area contributed by atoms with Gasteiger partial charge in [0.25, 0.3) is 5.91 Å². The number of carbonyl (C=O) groups excluding carboxylic acids is 2. The van der Waals surface area contributed by atoms with Crippen LogP contribution < -0.4 is 25.4 Å². The van der Waals surface area contributed by atoms with Gasteiger partial charge in [-0.15, -0.1) is 0 Å². The van der Waals surface area contributed by atoms with Crippen LogP contribution >= 0.6 is 0 Å². The van der Waals surface area contributed by atoms with Gasteiger partial charge in [-0.2, -0.15) is 0 Å². The number of carbonyl (C=O) groups is 2. The molecular formula is C24H23N3O4. The largest absolute Gasteiger partial charge is 0.454 e. The molecule has 3 aromatic carbocycles. The molecule has 0 aromatic heterocycles. The molecule has 0 unspecified atom stereocenters. The lowest BCUT2D eigenvalue weighted by Crippen LogP contribution is -2.34. The third-order valence-corrected chi connectivity index (χ3v) is 4.83. The molecule has 0 radical (unpaired) electrons. The Morgan fingerprint density at radius 3 is 2.10 bits per heavy atom. The van der Waals surface area contributed by atoms with Gasteiger partial charge in [0.1, 0.15) is 0 Å². The molecule has 0 bridgehead atoms. The van der Waals surface area contributed by atoms with Gasteiger partial charge in [0.2, 0.25) is 6.79 Å². The highest BCUT2D eigenvalue weighted by Crippen LogP contribution is 2.32. The molecule has 0 atom stereocenters. The third-order valence-electron chi connectivity index (χ3n) is 4.83. The molecule has 1 heterocycles. The van der Waals surface area contributed by atoms with E-state index in [2.05, 4.69) is 16.0 Å². The van der Waals surface area contributed by atoms with Crippen LogP contribution in [-0.4, -0.2) is 18.7 Å². The van der Waals surface area contributed by atoms with Crippen molar-refractivity contribution in [2.45, 2.75) is 19.6 Å². The smallest absolute Gasteiger partial charge is 0.315 e. The Kier molecular flexibility index (Phi) is 6.32. The topological polar surface area (TPSA) is 88.7 Å². The van der Waals surface area contributed by atoms with Crippen molar-refractivity contribution in [1.29, 1.82) is 0 Å². The molecule has 4 rings (SSSR count). The SMILES string of the molecule is O=C(NCc1ccccc1)NCc1cccc(CNC(=O)c2ccc3c(c2)OCO3)c1. The number of fused-ring (bicyclic) bond motifs is 1. The molecule has 158 valence electrons. The van der Waals surface area contributed by atoms with Crippen molar-refractivity contribution in [2.75, 3.05) is 6.79 Å². The maximum Gasteiger partial charge on any atom is 0.315 e. The zero-order valence-electron chi connectivity index (χ0n) is 16.9. The van der Waals surface area contributed by atoms with Crippen LogP contribution in [0.25, 0.3) is 0 Å². The number of hydrogen-bond donors (Lipinski definition) is 3. The lowest BCUT2D eigenvalue weighted by Gasteiger charge is -2.10. The van der Waals surface area contributed by atoms with E-state index in [1.54, 1.807) is 18.2 Å². The normalized spacial score (nSPS) is 11.6. The molecule has 1 aliphatic heterocycles. The maximum absolute atomic E-state index is 12.4. The van der Waals surface area contributed by atoms with Crippen LogP contribution in [0, 0.1) is 0 Å². The van der Waals surface area contributed by atoms with Gasteiger partial charge < -0.3 is 25.4 Å². The van der Waals surface area contributed by atoms with Crippen LogP contribution in [0.5, 0.6) is 11.5 Å². The standard InChI is InChI=1S/C24H23N3O4/c28-23(20-9-10-21-22(12-20)31-16-30-21)25-14-18-7-4-8-19(11-18)15-27-24(29)26-13-17-5-2-1-3-6-17/h1-12H,13-16H2,(H,25,28)(H2,26,27,29). The van der Waals surface area contributed by atoms with Crippen molar-refractivity contribution < 1.29 is 19.1 Å². The van der Waals surface area contributed by atoms with Crippen LogP contribution in [-0.2, 0) is 19.6 Å². The second-order valence-corrected chi connectivity index (χ2v) is 7.09. The van der Waals surface area contributed by atoms with E-state index < -0.39 is 0 Å². The number of ether oxygens (including phenoxy) is 2. The van der Waals surface area contributed by atoms with E-state index in [0.29, 0.717) is 36.7 Å². The molecule has 0 fully saturated rings. The summed E-state index contributed by atoms with van der Waals surface area (Å²) >= 11 is 0. The Bertz CT molecular complexity index is 1070. The summed E-state index contributed by atoms with van der Waals surface area (Å²) in [6.07, 6.45) is 0. The highest BCUT2D eigenvalue weighted by molar-refractivity contribution is 5.94. The first-order valence-electron chi connectivity index (χ1n) is 9.99. The molecular weight excluding hydrogens is 394 g/mol. The van der Waals surface area contributed by atoms with Gasteiger partial charge in [-0.3, -0.25) is 4.79 Å². The van der Waals surface area contributed by atoms with Crippen LogP contribution in [0.2, 0.25) is 0 Å². The lowest BCUT2D eigenvalue weighted by molar-refractivity contribution is 0.0950. The quantitative estimate of drug-likeness (QED) is 0.550. The average molecular weight is 417 g/mol. The highest BCUT2D eigenvalue weighted by Gasteiger charge is 2.16. The monoisotopic (exact) mass is 417 g/mol. The van der Waals surface area contributed by atoms with Crippen LogP contribution in [0.4, 0.5) is 4.79 Å². The first-order valence-corrected chi connectivity index (χ1v) is 9.99. The molecule has 7 nitrogen and oxygen atoms in total. The van der Waals surface area contributed by atoms with E-state index in [1.165, 1.54) is 0 Å². The number of amides is 3. The number of rotatable bonds is 7. The molecule has 7 heteroatoms. The van der Waals surface area contributed by atoms with Gasteiger partial charge in [0.05, 0.1) is 0 Å². The average Bonchev–Trinajstić information content (AvgIpc) is 3.29. The van der Waals surface area contributed by atoms with Crippen molar-refractivity contribution in [3.05, 3.63) is 95.1 Å². The Morgan fingerprint density at radius 1 is 0.677 bits per heavy atom. The minimum atomic E-state index is -0.231. The van der Waals surface area contributed by atoms with Crippen molar-refractivity contribution in [2.24, 2.45) is 0 Å². The van der Waals surface area contributed by atoms with Crippen LogP contribution in [0.15, 0.2) is 72.8 Å². The Labute approximate surface area is 180 Å². The molecule has 3 amide bonds. The minimum absolute atomic E-state index is 0.172. The van der Waals surface area contributed by atoms with E-state index >= 15 is 0 Å². The van der Waals surface area contributed by atoms with Gasteiger partial charge in [0, 0.05) is 25.2 Å². The van der Waals surface area contributed by atoms with Gasteiger partial charge in [-0.1, -0.05) is 54.6 Å². The maximum atomic E-state index is 12.4. The zero-order valence-corrected chi connectivity index (χ0v) is 16.9. The summed E-state index contributed by atoms with van der Waals surface area (Å²) < 4.78 is 10.6. The van der Waals surface area contributed by atoms with E-state index in [-0.39, 0.29) is 18.7 Å². The van der Waals surface area contributed by atoms with E-state index in [1.807, 2.05) is 54.6 Å². The summed E-state index contributed by atoms with van der Waals surface area (Å²) in [7, 11) is 0. The second-order valence-electron chi connectivity index (χ2n) is 7.09. The van der Waals surface area contributed by atoms with Gasteiger partial charge in [-0.25, -0.2) is 4.79 Å². The first-order chi connectivity index (χ1) is 15.2. The van der Waals surface area contributed by atoms with Crippen LogP contribution in [0.3, 0.4) is 0 Å². The Hall–Kier alpha value is -4.00. The van der Waals surface area contributed by atoms with Crippen molar-refractivity contribution in [1.82, 2.24) is 16.0 Å². The molecule has 3 N–H and O–H groups in total. The first kappa shape index (κ1) is 20.3. The lowest BCUT2D eigenvalue weighted by atomic mass is 10.1. The molecule has 3 aromatic rings. The zero-order chi connectivity index (χ0) is 21.5. The molecule has 1 aliphatic rings. The van der Waals surface area contributed by atoms with Gasteiger partial charge in [-0.05, 0) is 34.9 Å². The molecule has 0 saturated carbocycles. The number of benzene rings is 3. The summed E-state index contributed by atoms with van der Waals surface area (Å²) in [6, 6.07) is 22.3. The summed E-state index contributed by atoms with van der Waals surface area (Å²) in [6.45, 7) is 1.41. The summed E-state index contributed by atoms with van der Waals surface area (Å²) in [4.78, 5) is 24.5. The van der Waals surface area contributed by atoms with Crippen LogP contribution in [0.1, 0.15) is 27.0 Å². The number of urea groups is 1. The van der Waals surface area contributed by atoms with E-state index in [4.69, 9.17) is 9.47 Å². The molecule has 0 spiro atoms. The summed E-state index contributed by atoms with van der Waals surface area (Å²) in [5.41, 5.74) is 3.44. The van der Waals surface area contributed by atoms with E-state index in [9.17, 15) is 9.59 Å². The highest BCUT2D eigenvalue weighted by atomic mass is 16.7. The van der Waals surface area contributed by atoms with Crippen molar-refractivity contribution in [3.8, 4) is 11.5 Å². The fourth-order valence-electron chi connectivity index (χ4n) is 3.19. The predicted molar refractivity (Wildman–Crippen MR) is 116 cm³/mol. The Morgan fingerprint density at radius 2 is 1.32 bits per heavy atom. The third kappa shape index (κ3) is 5.54. The fourth-order valence-corrected chi connectivity index (χ4v) is 3.19. The predicted octanol–water partition coefficient (Wildman–Crippen LogP) is 3.34. The second kappa shape index (κ2) is 9.67. The molecule has 31 heavy (non-hydrogen) atoms. The Balaban J connectivity index is 1.25. The van der Waals surface area contributed by atoms with Crippen molar-refractivity contribution in [3.63, 3.8) is 0 Å². The summed E-state index contributed by atoms with van der Waals surface area (Å²) in [5, 5.41) is 8.58. The van der Waals surface area contributed by atoms with Gasteiger partial charge in [0.15, 0.2) is 11.5 Å². The summed E-state index contributed by atoms with van der Waals surface area (Å²) in [5.74, 6) is 1.03. The minimum Gasteiger partial charge on any atom is -0.454 e. The molecule has 0 aliphatic carbocycles. The van der Waals surface area contributed by atoms with E-state index in [0.717, 1.165) is 16.7 Å².